The van der Waals surface area contributed by atoms with Gasteiger partial charge in [0.15, 0.2) is 0 Å². The predicted octanol–water partition coefficient (Wildman–Crippen LogP) is 4.38. The van der Waals surface area contributed by atoms with Crippen molar-refractivity contribution in [2.45, 2.75) is 64.7 Å². The van der Waals surface area contributed by atoms with Gasteiger partial charge in [-0.2, -0.15) is 0 Å². The molecule has 0 bridgehead atoms. The summed E-state index contributed by atoms with van der Waals surface area (Å²) in [6, 6.07) is 5.06. The first-order valence-corrected chi connectivity index (χ1v) is 6.96. The number of hydrogen-bond acceptors (Lipinski definition) is 0. The first-order chi connectivity index (χ1) is 7.79. The third-order valence-electron chi connectivity index (χ3n) is 4.82. The molecule has 1 aromatic rings. The molecule has 1 aromatic carbocycles. The molecular formula is C17H24. The predicted molar refractivity (Wildman–Crippen MR) is 73.7 cm³/mol. The van der Waals surface area contributed by atoms with Crippen LogP contribution in [0.3, 0.4) is 0 Å². The van der Waals surface area contributed by atoms with Crippen LogP contribution in [0, 0.1) is 5.92 Å². The van der Waals surface area contributed by atoms with Gasteiger partial charge in [-0.25, -0.2) is 0 Å². The highest BCUT2D eigenvalue weighted by molar-refractivity contribution is 5.51. The minimum atomic E-state index is 0.361. The molecule has 0 nitrogen and oxygen atoms in total. The maximum atomic E-state index is 2.53. The van der Waals surface area contributed by atoms with Crippen LogP contribution in [-0.2, 0) is 23.7 Å². The highest BCUT2D eigenvalue weighted by atomic mass is 14.5. The van der Waals surface area contributed by atoms with E-state index in [0.29, 0.717) is 10.8 Å². The molecule has 0 aliphatic heterocycles. The summed E-state index contributed by atoms with van der Waals surface area (Å²) < 4.78 is 0. The molecule has 0 saturated carbocycles. The van der Waals surface area contributed by atoms with Gasteiger partial charge >= 0.3 is 0 Å². The fourth-order valence-electron chi connectivity index (χ4n) is 4.31. The normalized spacial score (nSPS) is 24.8. The van der Waals surface area contributed by atoms with Gasteiger partial charge in [0.2, 0.25) is 0 Å². The van der Waals surface area contributed by atoms with Crippen molar-refractivity contribution in [3.63, 3.8) is 0 Å². The molecule has 0 heteroatoms. The van der Waals surface area contributed by atoms with E-state index in [1.165, 1.54) is 19.3 Å². The molecular weight excluding hydrogens is 204 g/mol. The minimum absolute atomic E-state index is 0.361. The Balaban J connectivity index is 2.19. The van der Waals surface area contributed by atoms with Gasteiger partial charge in [0.05, 0.1) is 0 Å². The average Bonchev–Trinajstić information content (AvgIpc) is 2.59. The van der Waals surface area contributed by atoms with Crippen molar-refractivity contribution >= 4 is 0 Å². The lowest BCUT2D eigenvalue weighted by atomic mass is 9.82. The molecule has 0 atom stereocenters. The second-order valence-corrected chi connectivity index (χ2v) is 7.62. The number of fused-ring (bicyclic) bond motifs is 2. The standard InChI is InChI=1S/C17H24/c1-11-6-12-8-14-15(9-13(12)7-11)17(4,5)10-16(14,2)3/h8-9,11H,6-7,10H2,1-5H3. The molecule has 0 amide bonds. The molecule has 2 aliphatic rings. The molecule has 0 radical (unpaired) electrons. The van der Waals surface area contributed by atoms with Gasteiger partial charge in [0.1, 0.15) is 0 Å². The zero-order valence-electron chi connectivity index (χ0n) is 11.9. The van der Waals surface area contributed by atoms with Crippen LogP contribution >= 0.6 is 0 Å². The van der Waals surface area contributed by atoms with Crippen LogP contribution in [0.4, 0.5) is 0 Å². The Morgan fingerprint density at radius 2 is 1.29 bits per heavy atom. The summed E-state index contributed by atoms with van der Waals surface area (Å²) in [5.41, 5.74) is 7.22. The minimum Gasteiger partial charge on any atom is -0.0619 e. The SMILES string of the molecule is CC1Cc2cc3c(cc2C1)C(C)(C)CC3(C)C. The van der Waals surface area contributed by atoms with E-state index in [1.54, 1.807) is 22.3 Å². The van der Waals surface area contributed by atoms with E-state index >= 15 is 0 Å². The van der Waals surface area contributed by atoms with Crippen LogP contribution in [-0.4, -0.2) is 0 Å². The maximum Gasteiger partial charge on any atom is -0.00922 e. The van der Waals surface area contributed by atoms with Crippen molar-refractivity contribution in [1.29, 1.82) is 0 Å². The summed E-state index contributed by atoms with van der Waals surface area (Å²) in [5, 5.41) is 0. The molecule has 0 fully saturated rings. The highest BCUT2D eigenvalue weighted by Crippen LogP contribution is 2.50. The zero-order chi connectivity index (χ0) is 12.4. The van der Waals surface area contributed by atoms with Crippen molar-refractivity contribution in [2.75, 3.05) is 0 Å². The van der Waals surface area contributed by atoms with Crippen LogP contribution in [0.1, 0.15) is 63.3 Å². The van der Waals surface area contributed by atoms with Crippen LogP contribution in [0.25, 0.3) is 0 Å². The van der Waals surface area contributed by atoms with E-state index in [4.69, 9.17) is 0 Å². The van der Waals surface area contributed by atoms with Crippen LogP contribution in [0.2, 0.25) is 0 Å². The number of rotatable bonds is 0. The van der Waals surface area contributed by atoms with E-state index in [2.05, 4.69) is 46.8 Å². The topological polar surface area (TPSA) is 0 Å². The van der Waals surface area contributed by atoms with E-state index in [9.17, 15) is 0 Å². The smallest absolute Gasteiger partial charge is 0.00922 e. The number of hydrogen-bond donors (Lipinski definition) is 0. The summed E-state index contributed by atoms with van der Waals surface area (Å²) in [6.45, 7) is 12.0. The molecule has 0 aromatic heterocycles. The summed E-state index contributed by atoms with van der Waals surface area (Å²) in [6.07, 6.45) is 3.87. The van der Waals surface area contributed by atoms with E-state index < -0.39 is 0 Å². The first kappa shape index (κ1) is 11.3. The molecule has 3 rings (SSSR count). The van der Waals surface area contributed by atoms with E-state index in [1.807, 2.05) is 0 Å². The monoisotopic (exact) mass is 228 g/mol. The van der Waals surface area contributed by atoms with Gasteiger partial charge < -0.3 is 0 Å². The van der Waals surface area contributed by atoms with Crippen molar-refractivity contribution in [2.24, 2.45) is 5.92 Å². The molecule has 2 aliphatic carbocycles. The van der Waals surface area contributed by atoms with Gasteiger partial charge in [0.25, 0.3) is 0 Å². The van der Waals surface area contributed by atoms with E-state index in [-0.39, 0.29) is 0 Å². The van der Waals surface area contributed by atoms with Crippen molar-refractivity contribution in [3.05, 3.63) is 34.4 Å². The number of benzene rings is 1. The van der Waals surface area contributed by atoms with Crippen LogP contribution in [0.5, 0.6) is 0 Å². The lowest BCUT2D eigenvalue weighted by molar-refractivity contribution is 0.403. The molecule has 0 saturated heterocycles. The van der Waals surface area contributed by atoms with Crippen molar-refractivity contribution in [1.82, 2.24) is 0 Å². The Hall–Kier alpha value is -0.780. The zero-order valence-corrected chi connectivity index (χ0v) is 11.9. The van der Waals surface area contributed by atoms with Crippen molar-refractivity contribution < 1.29 is 0 Å². The Labute approximate surface area is 105 Å². The Bertz CT molecular complexity index is 434. The summed E-state index contributed by atoms with van der Waals surface area (Å²) >= 11 is 0. The quantitative estimate of drug-likeness (QED) is 0.618. The van der Waals surface area contributed by atoms with Gasteiger partial charge in [-0.05, 0) is 58.3 Å². The first-order valence-electron chi connectivity index (χ1n) is 6.96. The molecule has 0 N–H and O–H groups in total. The van der Waals surface area contributed by atoms with Crippen molar-refractivity contribution in [3.8, 4) is 0 Å². The summed E-state index contributed by atoms with van der Waals surface area (Å²) in [4.78, 5) is 0. The second-order valence-electron chi connectivity index (χ2n) is 7.62. The molecule has 0 unspecified atom stereocenters. The van der Waals surface area contributed by atoms with Crippen LogP contribution in [0.15, 0.2) is 12.1 Å². The largest absolute Gasteiger partial charge is 0.0619 e. The maximum absolute atomic E-state index is 2.53. The highest BCUT2D eigenvalue weighted by Gasteiger charge is 2.42. The summed E-state index contributed by atoms with van der Waals surface area (Å²) in [7, 11) is 0. The second kappa shape index (κ2) is 3.16. The third-order valence-corrected chi connectivity index (χ3v) is 4.82. The fraction of sp³-hybridized carbons (Fsp3) is 0.647. The van der Waals surface area contributed by atoms with Gasteiger partial charge in [0, 0.05) is 0 Å². The fourth-order valence-corrected chi connectivity index (χ4v) is 4.31. The molecule has 17 heavy (non-hydrogen) atoms. The molecule has 0 heterocycles. The van der Waals surface area contributed by atoms with Gasteiger partial charge in [-0.1, -0.05) is 46.8 Å². The summed E-state index contributed by atoms with van der Waals surface area (Å²) in [5.74, 6) is 0.846. The lowest BCUT2D eigenvalue weighted by Crippen LogP contribution is -2.18. The average molecular weight is 228 g/mol. The Morgan fingerprint density at radius 3 is 1.71 bits per heavy atom. The third kappa shape index (κ3) is 1.57. The Kier molecular flexibility index (Phi) is 2.10. The van der Waals surface area contributed by atoms with Crippen LogP contribution < -0.4 is 0 Å². The molecule has 0 spiro atoms. The van der Waals surface area contributed by atoms with E-state index in [0.717, 1.165) is 5.92 Å². The Morgan fingerprint density at radius 1 is 0.882 bits per heavy atom. The van der Waals surface area contributed by atoms with Gasteiger partial charge in [-0.15, -0.1) is 0 Å². The lowest BCUT2D eigenvalue weighted by Gasteiger charge is -2.22. The van der Waals surface area contributed by atoms with Gasteiger partial charge in [-0.3, -0.25) is 0 Å². The molecule has 92 valence electrons.